The fraction of sp³-hybridized carbons (Fsp3) is 0.200. The van der Waals surface area contributed by atoms with Crippen molar-refractivity contribution in [3.63, 3.8) is 0 Å². The third-order valence-corrected chi connectivity index (χ3v) is 3.96. The van der Waals surface area contributed by atoms with Gasteiger partial charge in [-0.2, -0.15) is 0 Å². The summed E-state index contributed by atoms with van der Waals surface area (Å²) >= 11 is 6.13. The van der Waals surface area contributed by atoms with Gasteiger partial charge in [0, 0.05) is 11.4 Å². The molecular formula is C15H12ClN5O2. The summed E-state index contributed by atoms with van der Waals surface area (Å²) in [5.74, 6) is -0.433. The van der Waals surface area contributed by atoms with Crippen molar-refractivity contribution in [1.82, 2.24) is 24.5 Å². The van der Waals surface area contributed by atoms with Crippen molar-refractivity contribution in [1.29, 1.82) is 0 Å². The van der Waals surface area contributed by atoms with E-state index in [0.29, 0.717) is 23.7 Å². The van der Waals surface area contributed by atoms with Gasteiger partial charge in [-0.3, -0.25) is 4.57 Å². The number of halogens is 1. The molecule has 0 aliphatic carbocycles. The van der Waals surface area contributed by atoms with E-state index < -0.39 is 5.97 Å². The Labute approximate surface area is 136 Å². The van der Waals surface area contributed by atoms with Crippen LogP contribution in [0.3, 0.4) is 0 Å². The highest BCUT2D eigenvalue weighted by molar-refractivity contribution is 6.30. The molecule has 116 valence electrons. The second-order valence-electron chi connectivity index (χ2n) is 5.08. The van der Waals surface area contributed by atoms with E-state index in [1.165, 1.54) is 0 Å². The molecule has 0 bridgehead atoms. The zero-order valence-electron chi connectivity index (χ0n) is 12.2. The van der Waals surface area contributed by atoms with E-state index in [-0.39, 0.29) is 0 Å². The van der Waals surface area contributed by atoms with E-state index in [2.05, 4.69) is 15.3 Å². The molecule has 1 aromatic carbocycles. The lowest BCUT2D eigenvalue weighted by molar-refractivity contribution is 0.0519. The molecule has 1 aliphatic heterocycles. The molecule has 0 unspecified atom stereocenters. The Morgan fingerprint density at radius 2 is 2.26 bits per heavy atom. The molecule has 0 amide bonds. The van der Waals surface area contributed by atoms with Crippen LogP contribution in [0.1, 0.15) is 28.8 Å². The number of hydrogen-bond donors (Lipinski definition) is 0. The Balaban J connectivity index is 1.97. The summed E-state index contributed by atoms with van der Waals surface area (Å²) < 4.78 is 8.69. The molecule has 0 N–H and O–H groups in total. The number of aromatic nitrogens is 5. The van der Waals surface area contributed by atoms with Crippen LogP contribution in [-0.4, -0.2) is 37.1 Å². The summed E-state index contributed by atoms with van der Waals surface area (Å²) in [5.41, 5.74) is 3.52. The van der Waals surface area contributed by atoms with E-state index in [1.54, 1.807) is 30.2 Å². The van der Waals surface area contributed by atoms with Crippen LogP contribution >= 0.6 is 11.6 Å². The fourth-order valence-corrected chi connectivity index (χ4v) is 2.91. The van der Waals surface area contributed by atoms with Gasteiger partial charge in [0.2, 0.25) is 0 Å². The predicted molar refractivity (Wildman–Crippen MR) is 82.3 cm³/mol. The second-order valence-corrected chi connectivity index (χ2v) is 5.51. The SMILES string of the molecule is CCOC(=O)c1ncn2c1Cc1cnnn1-c1cc(Cl)ccc1-2. The number of imidazole rings is 1. The maximum absolute atomic E-state index is 12.1. The molecule has 3 heterocycles. The first-order valence-corrected chi connectivity index (χ1v) is 7.50. The van der Waals surface area contributed by atoms with Crippen LogP contribution < -0.4 is 0 Å². The van der Waals surface area contributed by atoms with E-state index in [0.717, 1.165) is 22.8 Å². The number of benzene rings is 1. The number of hydrogen-bond acceptors (Lipinski definition) is 5. The van der Waals surface area contributed by atoms with Gasteiger partial charge >= 0.3 is 5.97 Å². The third kappa shape index (κ3) is 2.12. The van der Waals surface area contributed by atoms with Crippen LogP contribution in [0.5, 0.6) is 0 Å². The smallest absolute Gasteiger partial charge is 0.358 e. The predicted octanol–water partition coefficient (Wildman–Crippen LogP) is 2.19. The molecule has 23 heavy (non-hydrogen) atoms. The average Bonchev–Trinajstić information content (AvgIpc) is 3.13. The molecule has 0 fully saturated rings. The number of fused-ring (bicyclic) bond motifs is 5. The monoisotopic (exact) mass is 329 g/mol. The lowest BCUT2D eigenvalue weighted by Gasteiger charge is -2.10. The maximum atomic E-state index is 12.1. The molecule has 4 rings (SSSR count). The molecule has 0 saturated carbocycles. The summed E-state index contributed by atoms with van der Waals surface area (Å²) in [6, 6.07) is 5.47. The number of carbonyl (C=O) groups is 1. The summed E-state index contributed by atoms with van der Waals surface area (Å²) in [6.07, 6.45) is 3.75. The highest BCUT2D eigenvalue weighted by atomic mass is 35.5. The largest absolute Gasteiger partial charge is 0.461 e. The van der Waals surface area contributed by atoms with Crippen molar-refractivity contribution in [3.8, 4) is 11.4 Å². The molecule has 2 aromatic heterocycles. The van der Waals surface area contributed by atoms with Crippen LogP contribution in [0, 0.1) is 0 Å². The summed E-state index contributed by atoms with van der Waals surface area (Å²) in [7, 11) is 0. The lowest BCUT2D eigenvalue weighted by Crippen LogP contribution is -2.10. The van der Waals surface area contributed by atoms with Crippen molar-refractivity contribution in [2.24, 2.45) is 0 Å². The van der Waals surface area contributed by atoms with E-state index in [1.807, 2.05) is 16.7 Å². The minimum atomic E-state index is -0.433. The number of carbonyl (C=O) groups excluding carboxylic acids is 1. The van der Waals surface area contributed by atoms with Gasteiger partial charge in [-0.1, -0.05) is 16.8 Å². The molecule has 7 nitrogen and oxygen atoms in total. The van der Waals surface area contributed by atoms with Crippen molar-refractivity contribution in [2.45, 2.75) is 13.3 Å². The first-order valence-electron chi connectivity index (χ1n) is 7.12. The standard InChI is InChI=1S/C15H12ClN5O2/c1-2-23-15(22)14-13-6-10-7-18-19-21(10)12-5-9(16)3-4-11(12)20(13)8-17-14/h3-5,7-8H,2,6H2,1H3. The molecule has 0 radical (unpaired) electrons. The quantitative estimate of drug-likeness (QED) is 0.527. The van der Waals surface area contributed by atoms with Gasteiger partial charge in [0.25, 0.3) is 0 Å². The zero-order chi connectivity index (χ0) is 16.0. The van der Waals surface area contributed by atoms with Crippen molar-refractivity contribution < 1.29 is 9.53 Å². The van der Waals surface area contributed by atoms with Gasteiger partial charge in [0.1, 0.15) is 6.33 Å². The van der Waals surface area contributed by atoms with Gasteiger partial charge in [-0.15, -0.1) is 5.10 Å². The average molecular weight is 330 g/mol. The van der Waals surface area contributed by atoms with Crippen LogP contribution in [0.25, 0.3) is 11.4 Å². The van der Waals surface area contributed by atoms with Crippen LogP contribution in [-0.2, 0) is 11.2 Å². The van der Waals surface area contributed by atoms with Crippen molar-refractivity contribution in [3.05, 3.63) is 52.8 Å². The van der Waals surface area contributed by atoms with Gasteiger partial charge in [0.05, 0.1) is 35.6 Å². The summed E-state index contributed by atoms with van der Waals surface area (Å²) in [4.78, 5) is 16.4. The van der Waals surface area contributed by atoms with E-state index in [4.69, 9.17) is 16.3 Å². The molecular weight excluding hydrogens is 318 g/mol. The highest BCUT2D eigenvalue weighted by Crippen LogP contribution is 2.30. The van der Waals surface area contributed by atoms with Crippen molar-refractivity contribution >= 4 is 17.6 Å². The molecule has 0 atom stereocenters. The summed E-state index contributed by atoms with van der Waals surface area (Å²) in [5, 5.41) is 8.69. The Kier molecular flexibility index (Phi) is 3.16. The zero-order valence-corrected chi connectivity index (χ0v) is 13.0. The van der Waals surface area contributed by atoms with Crippen LogP contribution in [0.15, 0.2) is 30.7 Å². The van der Waals surface area contributed by atoms with E-state index >= 15 is 0 Å². The van der Waals surface area contributed by atoms with Crippen LogP contribution in [0.4, 0.5) is 0 Å². The highest BCUT2D eigenvalue weighted by Gasteiger charge is 2.26. The summed E-state index contributed by atoms with van der Waals surface area (Å²) in [6.45, 7) is 2.07. The van der Waals surface area contributed by atoms with Gasteiger partial charge < -0.3 is 4.74 Å². The first kappa shape index (κ1) is 14.0. The topological polar surface area (TPSA) is 74.8 Å². The van der Waals surface area contributed by atoms with Crippen molar-refractivity contribution in [2.75, 3.05) is 6.61 Å². The second kappa shape index (κ2) is 5.20. The number of ether oxygens (including phenoxy) is 1. The van der Waals surface area contributed by atoms with Gasteiger partial charge in [-0.25, -0.2) is 14.5 Å². The minimum absolute atomic E-state index is 0.302. The van der Waals surface area contributed by atoms with Gasteiger partial charge in [-0.05, 0) is 25.1 Å². The number of nitrogens with zero attached hydrogens (tertiary/aromatic N) is 5. The molecule has 1 aliphatic rings. The number of esters is 1. The Morgan fingerprint density at radius 3 is 3.09 bits per heavy atom. The Hall–Kier alpha value is -2.67. The Morgan fingerprint density at radius 1 is 1.39 bits per heavy atom. The minimum Gasteiger partial charge on any atom is -0.461 e. The normalized spacial score (nSPS) is 12.1. The van der Waals surface area contributed by atoms with Gasteiger partial charge in [0.15, 0.2) is 5.69 Å². The number of rotatable bonds is 2. The third-order valence-electron chi connectivity index (χ3n) is 3.73. The molecule has 3 aromatic rings. The maximum Gasteiger partial charge on any atom is 0.358 e. The Bertz CT molecular complexity index is 914. The van der Waals surface area contributed by atoms with Crippen LogP contribution in [0.2, 0.25) is 5.02 Å². The molecule has 0 spiro atoms. The molecule has 0 saturated heterocycles. The molecule has 8 heteroatoms. The lowest BCUT2D eigenvalue weighted by atomic mass is 10.2. The van der Waals surface area contributed by atoms with E-state index in [9.17, 15) is 4.79 Å². The first-order chi connectivity index (χ1) is 11.2. The fourth-order valence-electron chi connectivity index (χ4n) is 2.74.